The van der Waals surface area contributed by atoms with Gasteiger partial charge in [-0.2, -0.15) is 5.10 Å². The van der Waals surface area contributed by atoms with E-state index in [1.165, 1.54) is 0 Å². The van der Waals surface area contributed by atoms with Crippen LogP contribution in [-0.4, -0.2) is 33.1 Å². The lowest BCUT2D eigenvalue weighted by Gasteiger charge is -2.09. The first-order valence-corrected chi connectivity index (χ1v) is 7.76. The number of aromatic nitrogens is 2. The average molecular weight is 308 g/mol. The lowest BCUT2D eigenvalue weighted by Crippen LogP contribution is -2.13. The average Bonchev–Trinajstić information content (AvgIpc) is 3.05. The molecule has 2 aromatic carbocycles. The molecule has 0 fully saturated rings. The molecule has 1 aromatic heterocycles. The van der Waals surface area contributed by atoms with Crippen LogP contribution in [0.1, 0.15) is 12.1 Å². The monoisotopic (exact) mass is 308 g/mol. The van der Waals surface area contributed by atoms with Gasteiger partial charge in [0, 0.05) is 16.8 Å². The number of hydrogen-bond donors (Lipinski definition) is 3. The van der Waals surface area contributed by atoms with Crippen molar-refractivity contribution in [1.82, 2.24) is 10.2 Å². The molecule has 0 amide bonds. The van der Waals surface area contributed by atoms with Crippen LogP contribution in [0.4, 0.5) is 0 Å². The molecule has 0 bridgehead atoms. The van der Waals surface area contributed by atoms with E-state index in [-0.39, 0.29) is 6.61 Å². The van der Waals surface area contributed by atoms with Gasteiger partial charge in [0.1, 0.15) is 5.69 Å². The van der Waals surface area contributed by atoms with Crippen molar-refractivity contribution < 1.29 is 10.2 Å². The van der Waals surface area contributed by atoms with Gasteiger partial charge in [0.25, 0.3) is 0 Å². The first-order chi connectivity index (χ1) is 11.3. The number of aliphatic hydroxyl groups is 2. The highest BCUT2D eigenvalue weighted by molar-refractivity contribution is 5.82. The number of nitrogens with zero attached hydrogens (tertiary/aromatic N) is 1. The molecule has 0 saturated heterocycles. The Hall–Kier alpha value is -2.43. The molecule has 0 aliphatic carbocycles. The number of H-pyrrole nitrogens is 1. The first kappa shape index (κ1) is 15.5. The Morgan fingerprint density at radius 3 is 2.13 bits per heavy atom. The van der Waals surface area contributed by atoms with Crippen LogP contribution in [0.2, 0.25) is 0 Å². The third kappa shape index (κ3) is 3.50. The zero-order valence-corrected chi connectivity index (χ0v) is 12.8. The minimum Gasteiger partial charge on any atom is -0.394 e. The fraction of sp³-hybridized carbons (Fsp3) is 0.211. The van der Waals surface area contributed by atoms with E-state index in [0.29, 0.717) is 12.8 Å². The maximum Gasteiger partial charge on any atom is 0.100 e. The van der Waals surface area contributed by atoms with Crippen molar-refractivity contribution in [2.45, 2.75) is 18.9 Å². The van der Waals surface area contributed by atoms with Crippen molar-refractivity contribution in [1.29, 1.82) is 0 Å². The molecular formula is C19H20N2O2. The highest BCUT2D eigenvalue weighted by Gasteiger charge is 2.17. The van der Waals surface area contributed by atoms with Gasteiger partial charge in [-0.1, -0.05) is 60.7 Å². The predicted molar refractivity (Wildman–Crippen MR) is 90.9 cm³/mol. The quantitative estimate of drug-likeness (QED) is 0.655. The van der Waals surface area contributed by atoms with Crippen LogP contribution in [0.5, 0.6) is 0 Å². The van der Waals surface area contributed by atoms with E-state index in [9.17, 15) is 5.11 Å². The van der Waals surface area contributed by atoms with Crippen LogP contribution in [0.15, 0.2) is 60.7 Å². The van der Waals surface area contributed by atoms with Gasteiger partial charge in [-0.3, -0.25) is 5.10 Å². The minimum absolute atomic E-state index is 0.222. The Morgan fingerprint density at radius 2 is 1.52 bits per heavy atom. The van der Waals surface area contributed by atoms with Crippen LogP contribution < -0.4 is 0 Å². The summed E-state index contributed by atoms with van der Waals surface area (Å²) in [7, 11) is 0. The zero-order valence-electron chi connectivity index (χ0n) is 12.8. The number of nitrogens with one attached hydrogen (secondary N) is 1. The van der Waals surface area contributed by atoms with Crippen LogP contribution in [-0.2, 0) is 6.42 Å². The van der Waals surface area contributed by atoms with E-state index < -0.39 is 6.10 Å². The summed E-state index contributed by atoms with van der Waals surface area (Å²) >= 11 is 0. The molecule has 118 valence electrons. The summed E-state index contributed by atoms with van der Waals surface area (Å²) < 4.78 is 0. The summed E-state index contributed by atoms with van der Waals surface area (Å²) in [4.78, 5) is 0. The molecule has 0 aliphatic rings. The van der Waals surface area contributed by atoms with Gasteiger partial charge in [-0.15, -0.1) is 0 Å². The molecule has 3 aromatic rings. The van der Waals surface area contributed by atoms with E-state index in [0.717, 1.165) is 28.1 Å². The molecule has 1 atom stereocenters. The SMILES string of the molecule is OC[C@@H](O)CCc1[nH]nc(-c2ccccc2)c1-c1ccccc1. The normalized spacial score (nSPS) is 12.3. The third-order valence-corrected chi connectivity index (χ3v) is 3.89. The molecule has 1 heterocycles. The third-order valence-electron chi connectivity index (χ3n) is 3.89. The van der Waals surface area contributed by atoms with Crippen molar-refractivity contribution in [3.8, 4) is 22.4 Å². The van der Waals surface area contributed by atoms with E-state index in [4.69, 9.17) is 5.11 Å². The lowest BCUT2D eigenvalue weighted by molar-refractivity contribution is 0.0884. The summed E-state index contributed by atoms with van der Waals surface area (Å²) in [6.45, 7) is -0.222. The summed E-state index contributed by atoms with van der Waals surface area (Å²) in [6.07, 6.45) is 0.417. The van der Waals surface area contributed by atoms with Crippen LogP contribution in [0.25, 0.3) is 22.4 Å². The molecule has 0 radical (unpaired) electrons. The Bertz CT molecular complexity index is 739. The van der Waals surface area contributed by atoms with Gasteiger partial charge in [0.05, 0.1) is 12.7 Å². The van der Waals surface area contributed by atoms with Crippen molar-refractivity contribution >= 4 is 0 Å². The molecule has 0 spiro atoms. The number of benzene rings is 2. The largest absolute Gasteiger partial charge is 0.394 e. The molecule has 0 unspecified atom stereocenters. The Morgan fingerprint density at radius 1 is 0.913 bits per heavy atom. The van der Waals surface area contributed by atoms with Crippen molar-refractivity contribution in [3.63, 3.8) is 0 Å². The van der Waals surface area contributed by atoms with Crippen LogP contribution in [0.3, 0.4) is 0 Å². The lowest BCUT2D eigenvalue weighted by atomic mass is 9.97. The van der Waals surface area contributed by atoms with Gasteiger partial charge in [-0.05, 0) is 18.4 Å². The van der Waals surface area contributed by atoms with Gasteiger partial charge >= 0.3 is 0 Å². The second-order valence-corrected chi connectivity index (χ2v) is 5.53. The zero-order chi connectivity index (χ0) is 16.1. The van der Waals surface area contributed by atoms with E-state index in [2.05, 4.69) is 22.3 Å². The Labute approximate surface area is 135 Å². The second-order valence-electron chi connectivity index (χ2n) is 5.53. The summed E-state index contributed by atoms with van der Waals surface area (Å²) in [5.74, 6) is 0. The predicted octanol–water partition coefficient (Wildman–Crippen LogP) is 3.03. The summed E-state index contributed by atoms with van der Waals surface area (Å²) in [5, 5.41) is 26.2. The smallest absolute Gasteiger partial charge is 0.100 e. The summed E-state index contributed by atoms with van der Waals surface area (Å²) in [5.41, 5.74) is 5.08. The maximum atomic E-state index is 9.62. The molecule has 3 rings (SSSR count). The van der Waals surface area contributed by atoms with Crippen molar-refractivity contribution in [2.24, 2.45) is 0 Å². The Balaban J connectivity index is 2.02. The van der Waals surface area contributed by atoms with E-state index in [1.807, 2.05) is 48.5 Å². The van der Waals surface area contributed by atoms with E-state index >= 15 is 0 Å². The molecule has 0 aliphatic heterocycles. The molecule has 0 saturated carbocycles. The van der Waals surface area contributed by atoms with Gasteiger partial charge in [0.15, 0.2) is 0 Å². The fourth-order valence-electron chi connectivity index (χ4n) is 2.68. The van der Waals surface area contributed by atoms with Gasteiger partial charge < -0.3 is 10.2 Å². The molecule has 4 heteroatoms. The highest BCUT2D eigenvalue weighted by Crippen LogP contribution is 2.33. The number of hydrogen-bond acceptors (Lipinski definition) is 3. The topological polar surface area (TPSA) is 69.1 Å². The first-order valence-electron chi connectivity index (χ1n) is 7.76. The number of aromatic amines is 1. The van der Waals surface area contributed by atoms with Gasteiger partial charge in [-0.25, -0.2) is 0 Å². The standard InChI is InChI=1S/C19H20N2O2/c22-13-16(23)11-12-17-18(14-7-3-1-4-8-14)19(21-20-17)15-9-5-2-6-10-15/h1-10,16,22-23H,11-13H2,(H,20,21)/t16-/m0/s1. The number of aliphatic hydroxyl groups excluding tert-OH is 2. The van der Waals surface area contributed by atoms with Gasteiger partial charge in [0.2, 0.25) is 0 Å². The number of aryl methyl sites for hydroxylation is 1. The summed E-state index contributed by atoms with van der Waals surface area (Å²) in [6, 6.07) is 20.2. The maximum absolute atomic E-state index is 9.62. The highest BCUT2D eigenvalue weighted by atomic mass is 16.3. The molecule has 3 N–H and O–H groups in total. The Kier molecular flexibility index (Phi) is 4.86. The molecule has 23 heavy (non-hydrogen) atoms. The fourth-order valence-corrected chi connectivity index (χ4v) is 2.68. The minimum atomic E-state index is -0.706. The van der Waals surface area contributed by atoms with Crippen LogP contribution in [0, 0.1) is 0 Å². The molecule has 4 nitrogen and oxygen atoms in total. The van der Waals surface area contributed by atoms with Crippen LogP contribution >= 0.6 is 0 Å². The van der Waals surface area contributed by atoms with E-state index in [1.54, 1.807) is 0 Å². The second kappa shape index (κ2) is 7.22. The molecular weight excluding hydrogens is 288 g/mol. The van der Waals surface area contributed by atoms with Crippen molar-refractivity contribution in [3.05, 3.63) is 66.4 Å². The number of rotatable bonds is 6. The van der Waals surface area contributed by atoms with Crippen molar-refractivity contribution in [2.75, 3.05) is 6.61 Å².